The van der Waals surface area contributed by atoms with Gasteiger partial charge in [0.25, 0.3) is 0 Å². The number of carbonyl (C=O) groups excluding carboxylic acids is 2. The van der Waals surface area contributed by atoms with Gasteiger partial charge in [-0.1, -0.05) is 45.1 Å². The predicted octanol–water partition coefficient (Wildman–Crippen LogP) is 2.95. The third-order valence-electron chi connectivity index (χ3n) is 2.74. The highest BCUT2D eigenvalue weighted by Crippen LogP contribution is 2.19. The maximum absolute atomic E-state index is 12.0. The summed E-state index contributed by atoms with van der Waals surface area (Å²) in [6.45, 7) is 6.49. The van der Waals surface area contributed by atoms with Crippen molar-refractivity contribution in [1.29, 1.82) is 0 Å². The van der Waals surface area contributed by atoms with Gasteiger partial charge in [-0.3, -0.25) is 0 Å². The van der Waals surface area contributed by atoms with E-state index >= 15 is 0 Å². The van der Waals surface area contributed by atoms with Crippen LogP contribution in [0.1, 0.15) is 33.6 Å². The third-order valence-corrected chi connectivity index (χ3v) is 2.74. The Balaban J connectivity index is 3.01. The zero-order chi connectivity index (χ0) is 15.0. The van der Waals surface area contributed by atoms with Crippen LogP contribution in [0.3, 0.4) is 0 Å². The molecule has 0 fully saturated rings. The maximum atomic E-state index is 12.0. The molecule has 4 nitrogen and oxygen atoms in total. The Morgan fingerprint density at radius 1 is 0.950 bits per heavy atom. The molecule has 1 rings (SSSR count). The molecule has 0 radical (unpaired) electrons. The number of esters is 2. The lowest BCUT2D eigenvalue weighted by Gasteiger charge is -2.08. The minimum absolute atomic E-state index is 0.153. The molecular weight excluding hydrogens is 256 g/mol. The first kappa shape index (κ1) is 16.2. The van der Waals surface area contributed by atoms with Crippen LogP contribution in [0.15, 0.2) is 35.5 Å². The van der Waals surface area contributed by atoms with Crippen LogP contribution in [0.2, 0.25) is 0 Å². The fourth-order valence-electron chi connectivity index (χ4n) is 1.64. The molecule has 0 unspecified atom stereocenters. The van der Waals surface area contributed by atoms with Gasteiger partial charge in [0.05, 0.1) is 24.4 Å². The average Bonchev–Trinajstić information content (AvgIpc) is 2.64. The van der Waals surface area contributed by atoms with Crippen LogP contribution in [0.4, 0.5) is 0 Å². The highest BCUT2D eigenvalue weighted by Gasteiger charge is 2.21. The van der Waals surface area contributed by atoms with Crippen LogP contribution < -0.4 is 0 Å². The minimum Gasteiger partial charge on any atom is -0.462 e. The third kappa shape index (κ3) is 4.68. The summed E-state index contributed by atoms with van der Waals surface area (Å²) in [7, 11) is 0. The summed E-state index contributed by atoms with van der Waals surface area (Å²) in [5.74, 6) is -0.809. The first-order valence-electron chi connectivity index (χ1n) is 7.05. The number of ether oxygens (including phenoxy) is 2. The molecule has 0 N–H and O–H groups in total. The predicted molar refractivity (Wildman–Crippen MR) is 77.0 cm³/mol. The minimum atomic E-state index is -0.481. The van der Waals surface area contributed by atoms with Gasteiger partial charge in [-0.15, -0.1) is 0 Å². The van der Waals surface area contributed by atoms with E-state index in [1.165, 1.54) is 0 Å². The zero-order valence-corrected chi connectivity index (χ0v) is 12.3. The van der Waals surface area contributed by atoms with Gasteiger partial charge >= 0.3 is 11.9 Å². The quantitative estimate of drug-likeness (QED) is 0.701. The van der Waals surface area contributed by atoms with Crippen molar-refractivity contribution in [2.75, 3.05) is 13.2 Å². The molecule has 110 valence electrons. The van der Waals surface area contributed by atoms with Crippen molar-refractivity contribution in [3.63, 3.8) is 0 Å². The number of hydrogen-bond donors (Lipinski definition) is 0. The van der Waals surface area contributed by atoms with Crippen molar-refractivity contribution in [3.8, 4) is 0 Å². The molecule has 20 heavy (non-hydrogen) atoms. The Hall–Kier alpha value is -1.84. The molecule has 1 aliphatic carbocycles. The van der Waals surface area contributed by atoms with E-state index in [4.69, 9.17) is 9.47 Å². The second kappa shape index (κ2) is 8.35. The van der Waals surface area contributed by atoms with E-state index in [-0.39, 0.29) is 17.1 Å². The maximum Gasteiger partial charge on any atom is 0.338 e. The van der Waals surface area contributed by atoms with Gasteiger partial charge in [0.2, 0.25) is 0 Å². The van der Waals surface area contributed by atoms with Crippen molar-refractivity contribution < 1.29 is 19.1 Å². The van der Waals surface area contributed by atoms with Crippen LogP contribution in [0.5, 0.6) is 0 Å². The molecule has 0 aliphatic heterocycles. The van der Waals surface area contributed by atoms with Gasteiger partial charge < -0.3 is 9.47 Å². The van der Waals surface area contributed by atoms with Crippen LogP contribution in [-0.2, 0) is 19.1 Å². The van der Waals surface area contributed by atoms with Gasteiger partial charge in [-0.05, 0) is 18.8 Å². The van der Waals surface area contributed by atoms with E-state index in [0.717, 1.165) is 12.8 Å². The van der Waals surface area contributed by atoms with E-state index < -0.39 is 11.9 Å². The Morgan fingerprint density at radius 3 is 1.70 bits per heavy atom. The number of allylic oxidation sites excluding steroid dienone is 2. The first-order chi connectivity index (χ1) is 9.60. The van der Waals surface area contributed by atoms with Crippen molar-refractivity contribution in [2.24, 2.45) is 5.92 Å². The molecule has 0 aromatic rings. The molecule has 0 heterocycles. The van der Waals surface area contributed by atoms with Gasteiger partial charge in [0, 0.05) is 0 Å². The molecule has 0 spiro atoms. The molecular formula is C16H22O4. The van der Waals surface area contributed by atoms with Gasteiger partial charge in [0.1, 0.15) is 0 Å². The highest BCUT2D eigenvalue weighted by atomic mass is 16.5. The second-order valence-corrected chi connectivity index (χ2v) is 4.68. The van der Waals surface area contributed by atoms with E-state index in [0.29, 0.717) is 13.2 Å². The van der Waals surface area contributed by atoms with Crippen LogP contribution >= 0.6 is 0 Å². The summed E-state index contributed by atoms with van der Waals surface area (Å²) in [6.07, 6.45) is 8.49. The molecule has 0 saturated carbocycles. The SMILES string of the molecule is CCCOC(=O)C1=C(C(=O)OCCC)C=CC(C)C=C1. The fourth-order valence-corrected chi connectivity index (χ4v) is 1.64. The summed E-state index contributed by atoms with van der Waals surface area (Å²) < 4.78 is 10.2. The molecule has 0 saturated heterocycles. The van der Waals surface area contributed by atoms with Gasteiger partial charge in [-0.25, -0.2) is 9.59 Å². The topological polar surface area (TPSA) is 52.6 Å². The molecule has 0 aromatic carbocycles. The normalized spacial score (nSPS) is 15.2. The van der Waals surface area contributed by atoms with Crippen molar-refractivity contribution in [2.45, 2.75) is 33.6 Å². The molecule has 0 atom stereocenters. The Labute approximate surface area is 120 Å². The van der Waals surface area contributed by atoms with Crippen LogP contribution in [0.25, 0.3) is 0 Å². The average molecular weight is 278 g/mol. The summed E-state index contributed by atoms with van der Waals surface area (Å²) >= 11 is 0. The van der Waals surface area contributed by atoms with E-state index in [1.807, 2.05) is 32.9 Å². The monoisotopic (exact) mass is 278 g/mol. The molecule has 0 bridgehead atoms. The Bertz CT molecular complexity index is 403. The largest absolute Gasteiger partial charge is 0.462 e. The highest BCUT2D eigenvalue weighted by molar-refractivity contribution is 6.04. The molecule has 0 aromatic heterocycles. The Morgan fingerprint density at radius 2 is 1.35 bits per heavy atom. The lowest BCUT2D eigenvalue weighted by Crippen LogP contribution is -2.15. The van der Waals surface area contributed by atoms with Crippen molar-refractivity contribution in [1.82, 2.24) is 0 Å². The summed E-state index contributed by atoms with van der Waals surface area (Å²) in [4.78, 5) is 24.1. The number of rotatable bonds is 6. The Kier molecular flexibility index (Phi) is 6.77. The second-order valence-electron chi connectivity index (χ2n) is 4.68. The van der Waals surface area contributed by atoms with Gasteiger partial charge in [-0.2, -0.15) is 0 Å². The van der Waals surface area contributed by atoms with E-state index in [1.54, 1.807) is 12.2 Å². The lowest BCUT2D eigenvalue weighted by atomic mass is 10.1. The van der Waals surface area contributed by atoms with Crippen molar-refractivity contribution in [3.05, 3.63) is 35.5 Å². The van der Waals surface area contributed by atoms with Crippen molar-refractivity contribution >= 4 is 11.9 Å². The summed E-state index contributed by atoms with van der Waals surface area (Å²) in [6, 6.07) is 0. The lowest BCUT2D eigenvalue weighted by molar-refractivity contribution is -0.141. The summed E-state index contributed by atoms with van der Waals surface area (Å²) in [5, 5.41) is 0. The summed E-state index contributed by atoms with van der Waals surface area (Å²) in [5.41, 5.74) is 0.528. The fraction of sp³-hybridized carbons (Fsp3) is 0.500. The smallest absolute Gasteiger partial charge is 0.338 e. The van der Waals surface area contributed by atoms with Gasteiger partial charge in [0.15, 0.2) is 0 Å². The zero-order valence-electron chi connectivity index (χ0n) is 12.3. The standard InChI is InChI=1S/C16H22O4/c1-4-10-19-15(17)13-8-6-12(3)7-9-14(13)16(18)20-11-5-2/h6-9,12H,4-5,10-11H2,1-3H3. The number of hydrogen-bond acceptors (Lipinski definition) is 4. The molecule has 1 aliphatic rings. The van der Waals surface area contributed by atoms with Crippen LogP contribution in [0, 0.1) is 5.92 Å². The number of carbonyl (C=O) groups is 2. The first-order valence-corrected chi connectivity index (χ1v) is 7.05. The van der Waals surface area contributed by atoms with E-state index in [9.17, 15) is 9.59 Å². The van der Waals surface area contributed by atoms with E-state index in [2.05, 4.69) is 0 Å². The van der Waals surface area contributed by atoms with Crippen LogP contribution in [-0.4, -0.2) is 25.2 Å². The molecule has 4 heteroatoms. The molecule has 0 amide bonds.